The summed E-state index contributed by atoms with van der Waals surface area (Å²) in [5.41, 5.74) is 2.95. The number of cyclic esters (lactones) is 1. The van der Waals surface area contributed by atoms with Gasteiger partial charge in [0.1, 0.15) is 15.2 Å². The number of aromatic nitrogens is 1. The van der Waals surface area contributed by atoms with Crippen LogP contribution < -0.4 is 5.32 Å². The van der Waals surface area contributed by atoms with Crippen LogP contribution >= 0.6 is 31.9 Å². The SMILES string of the molecule is Cc1ccc(NC2=C(Br)C(=O)O[C@@H]2[C@@H](O)c2cccnc2Br)cc1. The molecule has 0 unspecified atom stereocenters. The van der Waals surface area contributed by atoms with E-state index in [0.717, 1.165) is 11.3 Å². The summed E-state index contributed by atoms with van der Waals surface area (Å²) >= 11 is 6.56. The zero-order chi connectivity index (χ0) is 17.3. The number of carbonyl (C=O) groups excluding carboxylic acids is 1. The van der Waals surface area contributed by atoms with Gasteiger partial charge in [0.15, 0.2) is 6.10 Å². The molecule has 0 radical (unpaired) electrons. The van der Waals surface area contributed by atoms with Gasteiger partial charge in [0.2, 0.25) is 0 Å². The van der Waals surface area contributed by atoms with Crippen molar-refractivity contribution in [3.63, 3.8) is 0 Å². The second kappa shape index (κ2) is 7.04. The number of hydrogen-bond donors (Lipinski definition) is 2. The molecule has 0 fully saturated rings. The first-order chi connectivity index (χ1) is 11.5. The van der Waals surface area contributed by atoms with Crippen molar-refractivity contribution in [2.24, 2.45) is 0 Å². The Kier molecular flexibility index (Phi) is 5.03. The molecular formula is C17H14Br2N2O3. The van der Waals surface area contributed by atoms with Crippen LogP contribution in [0.2, 0.25) is 0 Å². The third kappa shape index (κ3) is 3.38. The average molecular weight is 454 g/mol. The lowest BCUT2D eigenvalue weighted by Crippen LogP contribution is -2.25. The Morgan fingerprint density at radius 3 is 2.62 bits per heavy atom. The normalized spacial score (nSPS) is 18.5. The first kappa shape index (κ1) is 17.1. The zero-order valence-electron chi connectivity index (χ0n) is 12.7. The molecule has 1 aliphatic heterocycles. The summed E-state index contributed by atoms with van der Waals surface area (Å²) in [7, 11) is 0. The van der Waals surface area contributed by atoms with Crippen molar-refractivity contribution in [1.82, 2.24) is 4.98 Å². The van der Waals surface area contributed by atoms with E-state index in [1.807, 2.05) is 31.2 Å². The van der Waals surface area contributed by atoms with Crippen LogP contribution in [-0.2, 0) is 9.53 Å². The first-order valence-corrected chi connectivity index (χ1v) is 8.79. The Bertz CT molecular complexity index is 806. The fourth-order valence-electron chi connectivity index (χ4n) is 2.38. The van der Waals surface area contributed by atoms with Crippen LogP contribution in [0.3, 0.4) is 0 Å². The highest BCUT2D eigenvalue weighted by Gasteiger charge is 2.39. The van der Waals surface area contributed by atoms with Crippen LogP contribution in [0.4, 0.5) is 5.69 Å². The number of aliphatic hydroxyl groups is 1. The third-order valence-corrected chi connectivity index (χ3v) is 5.07. The Labute approximate surface area is 156 Å². The fraction of sp³-hybridized carbons (Fsp3) is 0.176. The predicted molar refractivity (Wildman–Crippen MR) is 97.5 cm³/mol. The number of ether oxygens (including phenoxy) is 1. The molecule has 0 saturated heterocycles. The van der Waals surface area contributed by atoms with Crippen molar-refractivity contribution >= 4 is 43.5 Å². The number of benzene rings is 1. The van der Waals surface area contributed by atoms with Gasteiger partial charge in [-0.2, -0.15) is 0 Å². The van der Waals surface area contributed by atoms with Crippen molar-refractivity contribution in [3.05, 3.63) is 68.5 Å². The number of aryl methyl sites for hydroxylation is 1. The van der Waals surface area contributed by atoms with E-state index in [1.54, 1.807) is 18.3 Å². The zero-order valence-corrected chi connectivity index (χ0v) is 15.8. The van der Waals surface area contributed by atoms with Crippen molar-refractivity contribution in [2.75, 3.05) is 5.32 Å². The number of anilines is 1. The van der Waals surface area contributed by atoms with Gasteiger partial charge in [-0.05, 0) is 57.0 Å². The summed E-state index contributed by atoms with van der Waals surface area (Å²) in [5.74, 6) is -0.520. The second-order valence-electron chi connectivity index (χ2n) is 5.37. The highest BCUT2D eigenvalue weighted by Crippen LogP contribution is 2.36. The molecular weight excluding hydrogens is 440 g/mol. The minimum Gasteiger partial charge on any atom is -0.449 e. The lowest BCUT2D eigenvalue weighted by Gasteiger charge is -2.22. The third-order valence-electron chi connectivity index (χ3n) is 3.66. The fourth-order valence-corrected chi connectivity index (χ4v) is 3.29. The molecule has 5 nitrogen and oxygen atoms in total. The topological polar surface area (TPSA) is 71.5 Å². The van der Waals surface area contributed by atoms with E-state index in [4.69, 9.17) is 4.74 Å². The summed E-state index contributed by atoms with van der Waals surface area (Å²) in [5, 5.41) is 13.8. The van der Waals surface area contributed by atoms with Crippen molar-refractivity contribution in [1.29, 1.82) is 0 Å². The molecule has 0 amide bonds. The molecule has 1 aromatic carbocycles. The van der Waals surface area contributed by atoms with Gasteiger partial charge in [0.05, 0.1) is 5.70 Å². The highest BCUT2D eigenvalue weighted by molar-refractivity contribution is 9.12. The van der Waals surface area contributed by atoms with Gasteiger partial charge in [-0.3, -0.25) is 0 Å². The second-order valence-corrected chi connectivity index (χ2v) is 6.92. The van der Waals surface area contributed by atoms with Gasteiger partial charge in [-0.1, -0.05) is 23.8 Å². The van der Waals surface area contributed by atoms with Crippen molar-refractivity contribution < 1.29 is 14.6 Å². The predicted octanol–water partition coefficient (Wildman–Crippen LogP) is 3.83. The van der Waals surface area contributed by atoms with Crippen LogP contribution in [0.5, 0.6) is 0 Å². The summed E-state index contributed by atoms with van der Waals surface area (Å²) in [6.07, 6.45) is -0.299. The number of hydrogen-bond acceptors (Lipinski definition) is 5. The number of rotatable bonds is 4. The van der Waals surface area contributed by atoms with Gasteiger partial charge in [-0.15, -0.1) is 0 Å². The van der Waals surface area contributed by atoms with E-state index >= 15 is 0 Å². The van der Waals surface area contributed by atoms with E-state index in [2.05, 4.69) is 42.2 Å². The first-order valence-electron chi connectivity index (χ1n) is 7.20. The molecule has 2 N–H and O–H groups in total. The molecule has 0 spiro atoms. The van der Waals surface area contributed by atoms with Gasteiger partial charge < -0.3 is 15.2 Å². The molecule has 0 bridgehead atoms. The summed E-state index contributed by atoms with van der Waals surface area (Å²) in [6, 6.07) is 11.1. The van der Waals surface area contributed by atoms with E-state index in [-0.39, 0.29) is 4.48 Å². The quantitative estimate of drug-likeness (QED) is 0.543. The average Bonchev–Trinajstić information content (AvgIpc) is 2.85. The number of halogens is 2. The highest BCUT2D eigenvalue weighted by atomic mass is 79.9. The lowest BCUT2D eigenvalue weighted by molar-refractivity contribution is -0.143. The maximum Gasteiger partial charge on any atom is 0.347 e. The van der Waals surface area contributed by atoms with Crippen LogP contribution in [-0.4, -0.2) is 22.2 Å². The minimum atomic E-state index is -1.06. The molecule has 0 aliphatic carbocycles. The molecule has 2 heterocycles. The van der Waals surface area contributed by atoms with Crippen molar-refractivity contribution in [3.8, 4) is 0 Å². The van der Waals surface area contributed by atoms with Crippen LogP contribution in [0.1, 0.15) is 17.2 Å². The van der Waals surface area contributed by atoms with E-state index in [0.29, 0.717) is 15.9 Å². The van der Waals surface area contributed by atoms with E-state index in [9.17, 15) is 9.90 Å². The van der Waals surface area contributed by atoms with Gasteiger partial charge >= 0.3 is 5.97 Å². The Morgan fingerprint density at radius 2 is 1.96 bits per heavy atom. The van der Waals surface area contributed by atoms with E-state index in [1.165, 1.54) is 0 Å². The summed E-state index contributed by atoms with van der Waals surface area (Å²) in [4.78, 5) is 16.1. The molecule has 1 aromatic heterocycles. The molecule has 2 atom stereocenters. The maximum absolute atomic E-state index is 12.0. The Balaban J connectivity index is 1.91. The largest absolute Gasteiger partial charge is 0.449 e. The Hall–Kier alpha value is -1.70. The molecule has 2 aromatic rings. The summed E-state index contributed by atoms with van der Waals surface area (Å²) in [6.45, 7) is 1.99. The monoisotopic (exact) mass is 452 g/mol. The molecule has 124 valence electrons. The molecule has 24 heavy (non-hydrogen) atoms. The van der Waals surface area contributed by atoms with Gasteiger partial charge in [-0.25, -0.2) is 9.78 Å². The van der Waals surface area contributed by atoms with Crippen LogP contribution in [0, 0.1) is 6.92 Å². The number of carbonyl (C=O) groups is 1. The van der Waals surface area contributed by atoms with Gasteiger partial charge in [0, 0.05) is 17.4 Å². The lowest BCUT2D eigenvalue weighted by atomic mass is 10.0. The molecule has 1 aliphatic rings. The smallest absolute Gasteiger partial charge is 0.347 e. The van der Waals surface area contributed by atoms with Gasteiger partial charge in [0.25, 0.3) is 0 Å². The number of pyridine rings is 1. The molecule has 3 rings (SSSR count). The van der Waals surface area contributed by atoms with E-state index < -0.39 is 18.2 Å². The standard InChI is InChI=1S/C17H14Br2N2O3/c1-9-4-6-10(7-5-9)21-13-12(18)17(23)24-15(13)14(22)11-3-2-8-20-16(11)19/h2-8,14-15,21-22H,1H3/t14-,15-/m0/s1. The molecule has 0 saturated carbocycles. The Morgan fingerprint density at radius 1 is 1.25 bits per heavy atom. The number of nitrogens with zero attached hydrogens (tertiary/aromatic N) is 1. The van der Waals surface area contributed by atoms with Crippen LogP contribution in [0.15, 0.2) is 57.4 Å². The number of nitrogens with one attached hydrogen (secondary N) is 1. The number of aliphatic hydroxyl groups excluding tert-OH is 1. The van der Waals surface area contributed by atoms with Crippen molar-refractivity contribution in [2.45, 2.75) is 19.1 Å². The maximum atomic E-state index is 12.0. The molecule has 7 heteroatoms. The van der Waals surface area contributed by atoms with Crippen LogP contribution in [0.25, 0.3) is 0 Å². The summed E-state index contributed by atoms with van der Waals surface area (Å²) < 4.78 is 6.11. The minimum absolute atomic E-state index is 0.270. The number of esters is 1.